The van der Waals surface area contributed by atoms with Gasteiger partial charge < -0.3 is 14.2 Å². The molecule has 0 radical (unpaired) electrons. The lowest BCUT2D eigenvalue weighted by molar-refractivity contribution is -0.167. The van der Waals surface area contributed by atoms with Crippen LogP contribution in [0.5, 0.6) is 0 Å². The molecule has 1 unspecified atom stereocenters. The second-order valence-electron chi connectivity index (χ2n) is 16.0. The van der Waals surface area contributed by atoms with E-state index in [9.17, 15) is 14.4 Å². The van der Waals surface area contributed by atoms with Gasteiger partial charge in [-0.1, -0.05) is 186 Å². The van der Waals surface area contributed by atoms with Gasteiger partial charge in [0.2, 0.25) is 0 Å². The van der Waals surface area contributed by atoms with Crippen molar-refractivity contribution < 1.29 is 28.6 Å². The predicted octanol–water partition coefficient (Wildman–Crippen LogP) is 15.2. The van der Waals surface area contributed by atoms with Gasteiger partial charge in [0.1, 0.15) is 13.2 Å². The SMILES string of the molecule is CCCCCC/C=C\CCCCCCCC(=O)OCC(COC(=O)CCCCCCCCCCCCC)OC(=O)CCCCCCC/C=C\CCCCCC. The first-order valence-corrected chi connectivity index (χ1v) is 23.8. The van der Waals surface area contributed by atoms with Gasteiger partial charge in [0, 0.05) is 19.3 Å². The van der Waals surface area contributed by atoms with E-state index in [4.69, 9.17) is 14.2 Å². The highest BCUT2D eigenvalue weighted by molar-refractivity contribution is 5.71. The van der Waals surface area contributed by atoms with Crippen molar-refractivity contribution >= 4 is 17.9 Å². The molecule has 0 spiro atoms. The lowest BCUT2D eigenvalue weighted by Crippen LogP contribution is -2.30. The number of carbonyl (C=O) groups is 3. The molecule has 0 fully saturated rings. The number of hydrogen-bond donors (Lipinski definition) is 0. The molecule has 6 nitrogen and oxygen atoms in total. The van der Waals surface area contributed by atoms with Crippen LogP contribution in [0.15, 0.2) is 24.3 Å². The molecule has 0 aromatic heterocycles. The van der Waals surface area contributed by atoms with Gasteiger partial charge in [-0.25, -0.2) is 0 Å². The summed E-state index contributed by atoms with van der Waals surface area (Å²) in [6.07, 6.45) is 48.7. The first-order valence-electron chi connectivity index (χ1n) is 23.8. The van der Waals surface area contributed by atoms with E-state index in [1.807, 2.05) is 0 Å². The van der Waals surface area contributed by atoms with Crippen LogP contribution < -0.4 is 0 Å². The zero-order chi connectivity index (χ0) is 40.1. The van der Waals surface area contributed by atoms with E-state index in [-0.39, 0.29) is 31.1 Å². The highest BCUT2D eigenvalue weighted by Gasteiger charge is 2.19. The Morgan fingerprint density at radius 3 is 0.927 bits per heavy atom. The summed E-state index contributed by atoms with van der Waals surface area (Å²) in [5, 5.41) is 0. The smallest absolute Gasteiger partial charge is 0.306 e. The van der Waals surface area contributed by atoms with Gasteiger partial charge in [0.15, 0.2) is 6.10 Å². The fourth-order valence-corrected chi connectivity index (χ4v) is 6.78. The molecule has 0 aliphatic carbocycles. The van der Waals surface area contributed by atoms with Crippen LogP contribution in [0.25, 0.3) is 0 Å². The Labute approximate surface area is 341 Å². The van der Waals surface area contributed by atoms with Gasteiger partial charge in [-0.3, -0.25) is 14.4 Å². The molecule has 0 aromatic rings. The number of allylic oxidation sites excluding steroid dienone is 4. The zero-order valence-electron chi connectivity index (χ0n) is 36.7. The quantitative estimate of drug-likeness (QED) is 0.0266. The predicted molar refractivity (Wildman–Crippen MR) is 233 cm³/mol. The van der Waals surface area contributed by atoms with Crippen LogP contribution in [0.4, 0.5) is 0 Å². The number of carbonyl (C=O) groups excluding carboxylic acids is 3. The summed E-state index contributed by atoms with van der Waals surface area (Å²) in [4.78, 5) is 37.8. The minimum Gasteiger partial charge on any atom is -0.462 e. The second-order valence-corrected chi connectivity index (χ2v) is 16.0. The van der Waals surface area contributed by atoms with Gasteiger partial charge in [-0.15, -0.1) is 0 Å². The van der Waals surface area contributed by atoms with Gasteiger partial charge in [-0.05, 0) is 70.6 Å². The van der Waals surface area contributed by atoms with E-state index >= 15 is 0 Å². The summed E-state index contributed by atoms with van der Waals surface area (Å²) < 4.78 is 16.7. The largest absolute Gasteiger partial charge is 0.462 e. The maximum atomic E-state index is 12.7. The average molecular weight is 775 g/mol. The summed E-state index contributed by atoms with van der Waals surface area (Å²) in [6.45, 7) is 6.59. The number of rotatable bonds is 43. The van der Waals surface area contributed by atoms with Crippen LogP contribution in [-0.2, 0) is 28.6 Å². The molecule has 55 heavy (non-hydrogen) atoms. The minimum absolute atomic E-state index is 0.0742. The van der Waals surface area contributed by atoms with Crippen molar-refractivity contribution in [1.29, 1.82) is 0 Å². The topological polar surface area (TPSA) is 78.9 Å². The summed E-state index contributed by atoms with van der Waals surface area (Å²) in [5.41, 5.74) is 0. The van der Waals surface area contributed by atoms with Crippen LogP contribution in [-0.4, -0.2) is 37.2 Å². The molecule has 0 saturated heterocycles. The van der Waals surface area contributed by atoms with Crippen molar-refractivity contribution in [3.05, 3.63) is 24.3 Å². The van der Waals surface area contributed by atoms with Crippen molar-refractivity contribution in [2.75, 3.05) is 13.2 Å². The third-order valence-corrected chi connectivity index (χ3v) is 10.4. The normalized spacial score (nSPS) is 12.1. The van der Waals surface area contributed by atoms with Crippen molar-refractivity contribution in [3.63, 3.8) is 0 Å². The Bertz CT molecular complexity index is 896. The van der Waals surface area contributed by atoms with Crippen LogP contribution in [0.2, 0.25) is 0 Å². The van der Waals surface area contributed by atoms with E-state index in [2.05, 4.69) is 45.1 Å². The highest BCUT2D eigenvalue weighted by atomic mass is 16.6. The van der Waals surface area contributed by atoms with Crippen LogP contribution in [0, 0.1) is 0 Å². The molecule has 0 bridgehead atoms. The Morgan fingerprint density at radius 1 is 0.345 bits per heavy atom. The van der Waals surface area contributed by atoms with Crippen LogP contribution in [0.1, 0.15) is 252 Å². The molecule has 0 heterocycles. The summed E-state index contributed by atoms with van der Waals surface area (Å²) in [5.74, 6) is -0.886. The van der Waals surface area contributed by atoms with Crippen molar-refractivity contribution in [3.8, 4) is 0 Å². The molecule has 0 aromatic carbocycles. The molecule has 0 saturated carbocycles. The fraction of sp³-hybridized carbons (Fsp3) is 0.857. The Kier molecular flexibility index (Phi) is 42.9. The third kappa shape index (κ3) is 42.9. The van der Waals surface area contributed by atoms with E-state index in [1.54, 1.807) is 0 Å². The van der Waals surface area contributed by atoms with Crippen LogP contribution >= 0.6 is 0 Å². The van der Waals surface area contributed by atoms with Crippen molar-refractivity contribution in [2.45, 2.75) is 258 Å². The Balaban J connectivity index is 4.38. The number of ether oxygens (including phenoxy) is 3. The van der Waals surface area contributed by atoms with Crippen LogP contribution in [0.3, 0.4) is 0 Å². The molecular weight excluding hydrogens is 685 g/mol. The zero-order valence-corrected chi connectivity index (χ0v) is 36.7. The van der Waals surface area contributed by atoms with Gasteiger partial charge in [0.25, 0.3) is 0 Å². The lowest BCUT2D eigenvalue weighted by Gasteiger charge is -2.18. The van der Waals surface area contributed by atoms with Gasteiger partial charge >= 0.3 is 17.9 Å². The molecule has 0 aliphatic rings. The fourth-order valence-electron chi connectivity index (χ4n) is 6.78. The molecule has 6 heteroatoms. The Morgan fingerprint density at radius 2 is 0.600 bits per heavy atom. The summed E-state index contributed by atoms with van der Waals surface area (Å²) in [6, 6.07) is 0. The molecule has 0 rings (SSSR count). The standard InChI is InChI=1S/C49H90O6/c1-4-7-10-13-16-19-22-24-27-30-33-36-39-42-48(51)54-45-46(44-53-47(50)41-38-35-32-29-26-21-18-15-12-9-6-3)55-49(52)43-40-37-34-31-28-25-23-20-17-14-11-8-5-2/h19-20,22-23,46H,4-18,21,24-45H2,1-3H3/b22-19-,23-20-. The molecule has 0 amide bonds. The first-order chi connectivity index (χ1) is 27.0. The molecule has 322 valence electrons. The average Bonchev–Trinajstić information content (AvgIpc) is 3.18. The molecular formula is C49H90O6. The third-order valence-electron chi connectivity index (χ3n) is 10.4. The summed E-state index contributed by atoms with van der Waals surface area (Å²) in [7, 11) is 0. The van der Waals surface area contributed by atoms with Gasteiger partial charge in [-0.2, -0.15) is 0 Å². The highest BCUT2D eigenvalue weighted by Crippen LogP contribution is 2.14. The maximum absolute atomic E-state index is 12.7. The van der Waals surface area contributed by atoms with E-state index in [0.29, 0.717) is 19.3 Å². The molecule has 1 atom stereocenters. The molecule has 0 aliphatic heterocycles. The molecule has 0 N–H and O–H groups in total. The number of esters is 3. The maximum Gasteiger partial charge on any atom is 0.306 e. The van der Waals surface area contributed by atoms with Crippen molar-refractivity contribution in [2.24, 2.45) is 0 Å². The van der Waals surface area contributed by atoms with Gasteiger partial charge in [0.05, 0.1) is 0 Å². The lowest BCUT2D eigenvalue weighted by atomic mass is 10.1. The van der Waals surface area contributed by atoms with E-state index in [1.165, 1.54) is 141 Å². The first kappa shape index (κ1) is 52.9. The van der Waals surface area contributed by atoms with E-state index in [0.717, 1.165) is 70.6 Å². The Hall–Kier alpha value is -2.11. The minimum atomic E-state index is -0.772. The summed E-state index contributed by atoms with van der Waals surface area (Å²) >= 11 is 0. The number of hydrogen-bond acceptors (Lipinski definition) is 6. The second kappa shape index (κ2) is 44.6. The monoisotopic (exact) mass is 775 g/mol. The number of unbranched alkanes of at least 4 members (excludes halogenated alkanes) is 28. The van der Waals surface area contributed by atoms with Crippen molar-refractivity contribution in [1.82, 2.24) is 0 Å². The van der Waals surface area contributed by atoms with E-state index < -0.39 is 6.10 Å².